The highest BCUT2D eigenvalue weighted by molar-refractivity contribution is 5.90. The molecule has 2 amide bonds. The number of carbonyl (C=O) groups excluding carboxylic acids is 1. The van der Waals surface area contributed by atoms with Crippen molar-refractivity contribution in [2.24, 2.45) is 0 Å². The Balaban J connectivity index is 1.51. The summed E-state index contributed by atoms with van der Waals surface area (Å²) >= 11 is 0. The van der Waals surface area contributed by atoms with Gasteiger partial charge in [-0.3, -0.25) is 0 Å². The maximum Gasteiger partial charge on any atom is 0.321 e. The highest BCUT2D eigenvalue weighted by Crippen LogP contribution is 2.43. The zero-order valence-corrected chi connectivity index (χ0v) is 14.8. The van der Waals surface area contributed by atoms with Crippen molar-refractivity contribution in [3.05, 3.63) is 65.2 Å². The number of nitrogens with one attached hydrogen (secondary N) is 1. The third-order valence-electron chi connectivity index (χ3n) is 5.36. The van der Waals surface area contributed by atoms with Crippen molar-refractivity contribution in [2.75, 3.05) is 18.4 Å². The van der Waals surface area contributed by atoms with Crippen LogP contribution in [0.4, 0.5) is 10.5 Å². The van der Waals surface area contributed by atoms with Crippen LogP contribution in [0.2, 0.25) is 0 Å². The lowest BCUT2D eigenvalue weighted by molar-refractivity contribution is -0.0269. The Morgan fingerprint density at radius 1 is 1.16 bits per heavy atom. The number of hydrogen-bond acceptors (Lipinski definition) is 2. The standard InChI is InChI=1S/C21H24N2O2/c1-15(2)17-8-4-6-10-19(17)22-20(24)23-12-11-21(14-23)18-9-5-3-7-16(18)13-25-21/h3-10,15H,11-14H2,1-2H3,(H,22,24). The molecule has 0 bridgehead atoms. The second-order valence-corrected chi connectivity index (χ2v) is 7.28. The lowest BCUT2D eigenvalue weighted by atomic mass is 9.92. The molecule has 4 rings (SSSR count). The van der Waals surface area contributed by atoms with E-state index >= 15 is 0 Å². The molecule has 1 fully saturated rings. The molecule has 2 aromatic carbocycles. The van der Waals surface area contributed by atoms with Gasteiger partial charge in [-0.05, 0) is 28.7 Å². The molecule has 1 spiro atoms. The summed E-state index contributed by atoms with van der Waals surface area (Å²) in [5.41, 5.74) is 4.22. The topological polar surface area (TPSA) is 41.6 Å². The number of amides is 2. The quantitative estimate of drug-likeness (QED) is 0.879. The second kappa shape index (κ2) is 6.19. The second-order valence-electron chi connectivity index (χ2n) is 7.28. The molecule has 0 radical (unpaired) electrons. The third-order valence-corrected chi connectivity index (χ3v) is 5.36. The monoisotopic (exact) mass is 336 g/mol. The highest BCUT2D eigenvalue weighted by Gasteiger charge is 2.46. The number of para-hydroxylation sites is 1. The lowest BCUT2D eigenvalue weighted by Crippen LogP contribution is -2.37. The average Bonchev–Trinajstić information content (AvgIpc) is 3.21. The van der Waals surface area contributed by atoms with Crippen LogP contribution in [-0.4, -0.2) is 24.0 Å². The zero-order valence-electron chi connectivity index (χ0n) is 14.8. The first-order valence-electron chi connectivity index (χ1n) is 8.96. The maximum absolute atomic E-state index is 12.8. The smallest absolute Gasteiger partial charge is 0.321 e. The Labute approximate surface area is 148 Å². The summed E-state index contributed by atoms with van der Waals surface area (Å²) in [5, 5.41) is 3.10. The van der Waals surface area contributed by atoms with Crippen molar-refractivity contribution in [1.82, 2.24) is 4.90 Å². The Morgan fingerprint density at radius 2 is 1.92 bits per heavy atom. The number of nitrogens with zero attached hydrogens (tertiary/aromatic N) is 1. The van der Waals surface area contributed by atoms with Gasteiger partial charge in [0.2, 0.25) is 0 Å². The van der Waals surface area contributed by atoms with E-state index < -0.39 is 0 Å². The molecule has 2 aliphatic heterocycles. The number of hydrogen-bond donors (Lipinski definition) is 1. The first kappa shape index (κ1) is 16.2. The van der Waals surface area contributed by atoms with E-state index in [4.69, 9.17) is 4.74 Å². The van der Waals surface area contributed by atoms with E-state index in [0.29, 0.717) is 25.6 Å². The van der Waals surface area contributed by atoms with Crippen LogP contribution in [0.1, 0.15) is 42.9 Å². The van der Waals surface area contributed by atoms with Crippen LogP contribution in [0.15, 0.2) is 48.5 Å². The molecule has 25 heavy (non-hydrogen) atoms. The molecule has 2 heterocycles. The van der Waals surface area contributed by atoms with Gasteiger partial charge in [0.1, 0.15) is 5.60 Å². The predicted octanol–water partition coefficient (Wildman–Crippen LogP) is 4.47. The van der Waals surface area contributed by atoms with Gasteiger partial charge in [0.25, 0.3) is 0 Å². The van der Waals surface area contributed by atoms with Gasteiger partial charge in [0.05, 0.1) is 13.2 Å². The van der Waals surface area contributed by atoms with Crippen LogP contribution in [0, 0.1) is 0 Å². The number of benzene rings is 2. The van der Waals surface area contributed by atoms with Crippen LogP contribution >= 0.6 is 0 Å². The number of fused-ring (bicyclic) bond motifs is 2. The zero-order chi connectivity index (χ0) is 17.4. The molecule has 1 N–H and O–H groups in total. The van der Waals surface area contributed by atoms with Crippen molar-refractivity contribution in [3.63, 3.8) is 0 Å². The Hall–Kier alpha value is -2.33. The normalized spacial score (nSPS) is 21.8. The third kappa shape index (κ3) is 2.81. The van der Waals surface area contributed by atoms with Gasteiger partial charge in [0.15, 0.2) is 0 Å². The van der Waals surface area contributed by atoms with E-state index in [9.17, 15) is 4.79 Å². The van der Waals surface area contributed by atoms with Gasteiger partial charge in [-0.2, -0.15) is 0 Å². The molecule has 1 atom stereocenters. The minimum Gasteiger partial charge on any atom is -0.364 e. The van der Waals surface area contributed by atoms with Crippen molar-refractivity contribution in [3.8, 4) is 0 Å². The van der Waals surface area contributed by atoms with E-state index in [0.717, 1.165) is 17.7 Å². The van der Waals surface area contributed by atoms with Crippen LogP contribution < -0.4 is 5.32 Å². The van der Waals surface area contributed by atoms with E-state index in [1.54, 1.807) is 0 Å². The molecule has 2 aliphatic rings. The molecule has 2 aromatic rings. The van der Waals surface area contributed by atoms with Gasteiger partial charge in [-0.25, -0.2) is 4.79 Å². The van der Waals surface area contributed by atoms with Crippen molar-refractivity contribution >= 4 is 11.7 Å². The van der Waals surface area contributed by atoms with Crippen LogP contribution in [0.3, 0.4) is 0 Å². The van der Waals surface area contributed by atoms with Crippen molar-refractivity contribution in [2.45, 2.75) is 38.4 Å². The number of ether oxygens (including phenoxy) is 1. The van der Waals surface area contributed by atoms with E-state index in [-0.39, 0.29) is 11.6 Å². The van der Waals surface area contributed by atoms with Gasteiger partial charge >= 0.3 is 6.03 Å². The van der Waals surface area contributed by atoms with Crippen LogP contribution in [-0.2, 0) is 16.9 Å². The fourth-order valence-electron chi connectivity index (χ4n) is 3.99. The lowest BCUT2D eigenvalue weighted by Gasteiger charge is -2.25. The van der Waals surface area contributed by atoms with Gasteiger partial charge in [-0.1, -0.05) is 56.3 Å². The number of carbonyl (C=O) groups is 1. The summed E-state index contributed by atoms with van der Waals surface area (Å²) in [6, 6.07) is 16.3. The fourth-order valence-corrected chi connectivity index (χ4v) is 3.99. The molecular weight excluding hydrogens is 312 g/mol. The summed E-state index contributed by atoms with van der Waals surface area (Å²) in [6.45, 7) is 6.24. The maximum atomic E-state index is 12.8. The molecule has 1 unspecified atom stereocenters. The summed E-state index contributed by atoms with van der Waals surface area (Å²) in [4.78, 5) is 14.7. The first-order valence-corrected chi connectivity index (χ1v) is 8.96. The minimum absolute atomic E-state index is 0.0436. The average molecular weight is 336 g/mol. The molecule has 0 aromatic heterocycles. The summed E-state index contributed by atoms with van der Waals surface area (Å²) < 4.78 is 6.14. The molecule has 4 heteroatoms. The molecule has 4 nitrogen and oxygen atoms in total. The van der Waals surface area contributed by atoms with Crippen molar-refractivity contribution in [1.29, 1.82) is 0 Å². The van der Waals surface area contributed by atoms with E-state index in [1.165, 1.54) is 11.1 Å². The SMILES string of the molecule is CC(C)c1ccccc1NC(=O)N1CCC2(C1)OCc1ccccc12. The van der Waals surface area contributed by atoms with E-state index in [2.05, 4.69) is 43.4 Å². The fraction of sp³-hybridized carbons (Fsp3) is 0.381. The van der Waals surface area contributed by atoms with Gasteiger partial charge in [-0.15, -0.1) is 0 Å². The Kier molecular flexibility index (Phi) is 4.00. The largest absolute Gasteiger partial charge is 0.364 e. The highest BCUT2D eigenvalue weighted by atomic mass is 16.5. The minimum atomic E-state index is -0.328. The Morgan fingerprint density at radius 3 is 2.76 bits per heavy atom. The van der Waals surface area contributed by atoms with Crippen molar-refractivity contribution < 1.29 is 9.53 Å². The van der Waals surface area contributed by atoms with Crippen LogP contribution in [0.5, 0.6) is 0 Å². The first-order chi connectivity index (χ1) is 12.1. The number of anilines is 1. The number of rotatable bonds is 2. The number of likely N-dealkylation sites (tertiary alicyclic amines) is 1. The van der Waals surface area contributed by atoms with Crippen LogP contribution in [0.25, 0.3) is 0 Å². The molecule has 130 valence electrons. The molecule has 0 aliphatic carbocycles. The molecular formula is C21H24N2O2. The summed E-state index contributed by atoms with van der Waals surface area (Å²) in [7, 11) is 0. The molecule has 0 saturated carbocycles. The summed E-state index contributed by atoms with van der Waals surface area (Å²) in [6.07, 6.45) is 0.850. The van der Waals surface area contributed by atoms with Gasteiger partial charge in [0, 0.05) is 18.7 Å². The summed E-state index contributed by atoms with van der Waals surface area (Å²) in [5.74, 6) is 0.367. The number of urea groups is 1. The Bertz CT molecular complexity index is 802. The molecule has 1 saturated heterocycles. The van der Waals surface area contributed by atoms with Gasteiger partial charge < -0.3 is 15.0 Å². The van der Waals surface area contributed by atoms with E-state index in [1.807, 2.05) is 29.2 Å². The predicted molar refractivity (Wildman–Crippen MR) is 98.6 cm³/mol.